The number of nitrogens with one attached hydrogen (secondary N) is 1. The molecule has 1 aliphatic rings. The SMILES string of the molecule is CNC1CCC(N)(c2ncc3c(-c4ccc5ncnc(OC)c5c4)ccn3n2)CC1. The van der Waals surface area contributed by atoms with Crippen LogP contribution in [0, 0.1) is 0 Å². The minimum Gasteiger partial charge on any atom is -0.480 e. The fourth-order valence-corrected chi connectivity index (χ4v) is 4.38. The zero-order valence-electron chi connectivity index (χ0n) is 17.2. The van der Waals surface area contributed by atoms with Crippen molar-refractivity contribution in [1.82, 2.24) is 29.9 Å². The first kappa shape index (κ1) is 18.9. The van der Waals surface area contributed by atoms with Crippen molar-refractivity contribution < 1.29 is 4.74 Å². The van der Waals surface area contributed by atoms with Gasteiger partial charge in [0, 0.05) is 17.8 Å². The molecule has 3 N–H and O–H groups in total. The van der Waals surface area contributed by atoms with Gasteiger partial charge in [-0.1, -0.05) is 6.07 Å². The topological polar surface area (TPSA) is 103 Å². The summed E-state index contributed by atoms with van der Waals surface area (Å²) in [6, 6.07) is 8.63. The number of methoxy groups -OCH3 is 1. The Kier molecular flexibility index (Phi) is 4.60. The van der Waals surface area contributed by atoms with Gasteiger partial charge in [0.05, 0.1) is 35.3 Å². The fourth-order valence-electron chi connectivity index (χ4n) is 4.38. The van der Waals surface area contributed by atoms with E-state index in [9.17, 15) is 0 Å². The van der Waals surface area contributed by atoms with Crippen molar-refractivity contribution in [3.05, 3.63) is 48.8 Å². The zero-order chi connectivity index (χ0) is 20.7. The predicted octanol–water partition coefficient (Wildman–Crippen LogP) is 2.66. The number of hydrogen-bond donors (Lipinski definition) is 2. The number of fused-ring (bicyclic) bond motifs is 2. The maximum atomic E-state index is 6.71. The van der Waals surface area contributed by atoms with E-state index in [1.165, 1.54) is 6.33 Å². The third kappa shape index (κ3) is 3.09. The van der Waals surface area contributed by atoms with Gasteiger partial charge in [0.1, 0.15) is 6.33 Å². The molecule has 154 valence electrons. The van der Waals surface area contributed by atoms with Crippen LogP contribution in [0.4, 0.5) is 0 Å². The Morgan fingerprint density at radius 2 is 2.00 bits per heavy atom. The highest BCUT2D eigenvalue weighted by molar-refractivity contribution is 5.91. The maximum Gasteiger partial charge on any atom is 0.224 e. The van der Waals surface area contributed by atoms with E-state index in [2.05, 4.69) is 20.3 Å². The van der Waals surface area contributed by atoms with E-state index >= 15 is 0 Å². The molecular weight excluding hydrogens is 378 g/mol. The van der Waals surface area contributed by atoms with Gasteiger partial charge in [-0.05, 0) is 56.5 Å². The number of aromatic nitrogens is 5. The molecule has 8 nitrogen and oxygen atoms in total. The van der Waals surface area contributed by atoms with Crippen LogP contribution in [0.3, 0.4) is 0 Å². The molecule has 0 atom stereocenters. The second-order valence-electron chi connectivity index (χ2n) is 7.97. The Bertz CT molecular complexity index is 1210. The van der Waals surface area contributed by atoms with Gasteiger partial charge in [0.2, 0.25) is 5.88 Å². The molecule has 3 heterocycles. The van der Waals surface area contributed by atoms with Crippen molar-refractivity contribution in [3.63, 3.8) is 0 Å². The highest BCUT2D eigenvalue weighted by Gasteiger charge is 2.35. The lowest BCUT2D eigenvalue weighted by atomic mass is 9.79. The van der Waals surface area contributed by atoms with Crippen LogP contribution in [0.2, 0.25) is 0 Å². The van der Waals surface area contributed by atoms with E-state index in [1.807, 2.05) is 48.2 Å². The summed E-state index contributed by atoms with van der Waals surface area (Å²) in [7, 11) is 3.62. The van der Waals surface area contributed by atoms with E-state index in [0.29, 0.717) is 17.7 Å². The summed E-state index contributed by atoms with van der Waals surface area (Å²) >= 11 is 0. The molecule has 5 rings (SSSR count). The Labute approximate surface area is 174 Å². The molecule has 4 aromatic rings. The molecule has 0 aliphatic heterocycles. The standard InChI is InChI=1S/C22H25N7O/c1-24-15-5-8-22(23,9-6-15)21-25-12-19-16(7-10-29(19)28-21)14-3-4-18-17(11-14)20(30-2)27-13-26-18/h3-4,7,10-13,15,24H,5-6,8-9,23H2,1-2H3. The number of nitrogens with zero attached hydrogens (tertiary/aromatic N) is 5. The van der Waals surface area contributed by atoms with Crippen molar-refractivity contribution >= 4 is 16.4 Å². The summed E-state index contributed by atoms with van der Waals surface area (Å²) in [5, 5.41) is 8.99. The first-order valence-corrected chi connectivity index (χ1v) is 10.2. The number of nitrogens with two attached hydrogens (primary N) is 1. The Morgan fingerprint density at radius 1 is 1.17 bits per heavy atom. The Balaban J connectivity index is 1.52. The second-order valence-corrected chi connectivity index (χ2v) is 7.97. The largest absolute Gasteiger partial charge is 0.480 e. The van der Waals surface area contributed by atoms with Gasteiger partial charge in [0.15, 0.2) is 5.82 Å². The van der Waals surface area contributed by atoms with Gasteiger partial charge in [-0.15, -0.1) is 0 Å². The summed E-state index contributed by atoms with van der Waals surface area (Å²) in [5.74, 6) is 1.27. The zero-order valence-corrected chi connectivity index (χ0v) is 17.2. The van der Waals surface area contributed by atoms with Crippen LogP contribution in [0.25, 0.3) is 27.5 Å². The molecule has 0 saturated heterocycles. The van der Waals surface area contributed by atoms with E-state index < -0.39 is 5.54 Å². The van der Waals surface area contributed by atoms with Crippen LogP contribution in [-0.2, 0) is 5.54 Å². The van der Waals surface area contributed by atoms with Gasteiger partial charge in [-0.25, -0.2) is 19.5 Å². The predicted molar refractivity (Wildman–Crippen MR) is 115 cm³/mol. The van der Waals surface area contributed by atoms with Crippen LogP contribution in [0.5, 0.6) is 5.88 Å². The van der Waals surface area contributed by atoms with Crippen molar-refractivity contribution in [3.8, 4) is 17.0 Å². The molecule has 0 unspecified atom stereocenters. The molecule has 1 fully saturated rings. The monoisotopic (exact) mass is 403 g/mol. The lowest BCUT2D eigenvalue weighted by Gasteiger charge is -2.35. The minimum atomic E-state index is -0.473. The molecule has 30 heavy (non-hydrogen) atoms. The molecule has 1 aromatic carbocycles. The van der Waals surface area contributed by atoms with Crippen molar-refractivity contribution in [1.29, 1.82) is 0 Å². The van der Waals surface area contributed by atoms with E-state index in [0.717, 1.165) is 53.2 Å². The van der Waals surface area contributed by atoms with Crippen molar-refractivity contribution in [2.24, 2.45) is 5.73 Å². The minimum absolute atomic E-state index is 0.473. The highest BCUT2D eigenvalue weighted by Crippen LogP contribution is 2.34. The first-order valence-electron chi connectivity index (χ1n) is 10.2. The average molecular weight is 403 g/mol. The lowest BCUT2D eigenvalue weighted by Crippen LogP contribution is -2.45. The molecular formula is C22H25N7O. The molecule has 1 aliphatic carbocycles. The summed E-state index contributed by atoms with van der Waals surface area (Å²) in [5.41, 5.74) is 10.1. The van der Waals surface area contributed by atoms with Crippen LogP contribution >= 0.6 is 0 Å². The van der Waals surface area contributed by atoms with Crippen molar-refractivity contribution in [2.75, 3.05) is 14.2 Å². The van der Waals surface area contributed by atoms with Crippen LogP contribution in [0.1, 0.15) is 31.5 Å². The summed E-state index contributed by atoms with van der Waals surface area (Å²) in [4.78, 5) is 13.2. The number of benzene rings is 1. The van der Waals surface area contributed by atoms with Gasteiger partial charge in [-0.3, -0.25) is 0 Å². The lowest BCUT2D eigenvalue weighted by molar-refractivity contribution is 0.245. The van der Waals surface area contributed by atoms with E-state index in [4.69, 9.17) is 15.6 Å². The third-order valence-corrected chi connectivity index (χ3v) is 6.25. The molecule has 0 radical (unpaired) electrons. The molecule has 1 saturated carbocycles. The molecule has 0 amide bonds. The smallest absolute Gasteiger partial charge is 0.224 e. The summed E-state index contributed by atoms with van der Waals surface area (Å²) < 4.78 is 7.27. The van der Waals surface area contributed by atoms with Crippen LogP contribution in [0.15, 0.2) is 43.0 Å². The molecule has 8 heteroatoms. The van der Waals surface area contributed by atoms with Gasteiger partial charge in [-0.2, -0.15) is 5.10 Å². The quantitative estimate of drug-likeness (QED) is 0.540. The number of hydrogen-bond acceptors (Lipinski definition) is 7. The Morgan fingerprint density at radius 3 is 2.77 bits per heavy atom. The molecule has 0 spiro atoms. The van der Waals surface area contributed by atoms with E-state index in [1.54, 1.807) is 7.11 Å². The second kappa shape index (κ2) is 7.30. The number of rotatable bonds is 4. The summed E-state index contributed by atoms with van der Waals surface area (Å²) in [6.07, 6.45) is 9.17. The van der Waals surface area contributed by atoms with Gasteiger partial charge < -0.3 is 15.8 Å². The van der Waals surface area contributed by atoms with Crippen LogP contribution in [-0.4, -0.2) is 44.8 Å². The number of ether oxygens (including phenoxy) is 1. The summed E-state index contributed by atoms with van der Waals surface area (Å²) in [6.45, 7) is 0. The van der Waals surface area contributed by atoms with Crippen molar-refractivity contribution in [2.45, 2.75) is 37.3 Å². The molecule has 3 aromatic heterocycles. The van der Waals surface area contributed by atoms with Gasteiger partial charge in [0.25, 0.3) is 0 Å². The molecule has 0 bridgehead atoms. The Hall–Kier alpha value is -3.10. The van der Waals surface area contributed by atoms with Crippen LogP contribution < -0.4 is 15.8 Å². The normalized spacial score (nSPS) is 21.9. The maximum absolute atomic E-state index is 6.71. The first-order chi connectivity index (χ1) is 14.6. The van der Waals surface area contributed by atoms with Gasteiger partial charge >= 0.3 is 0 Å². The highest BCUT2D eigenvalue weighted by atomic mass is 16.5. The fraction of sp³-hybridized carbons (Fsp3) is 0.364. The van der Waals surface area contributed by atoms with E-state index in [-0.39, 0.29) is 0 Å². The average Bonchev–Trinajstić information content (AvgIpc) is 3.22. The third-order valence-electron chi connectivity index (χ3n) is 6.25.